The second-order valence-electron chi connectivity index (χ2n) is 7.78. The zero-order chi connectivity index (χ0) is 22.0. The molecule has 0 spiro atoms. The van der Waals surface area contributed by atoms with Crippen LogP contribution in [0.5, 0.6) is 0 Å². The standard InChI is InChI=1S/C17H32O12/c18-6-8-10(20)12(22)14(24)16(26,28-8)4-2-1-3-5-17(27)15(25)13(23)11(21)9(7-19)29-17/h8-15,18-27H,1-7H2/t8-,9-,10+,11+,12+,13+,14-,15-,16-,17-/m1/s1. The predicted octanol–water partition coefficient (Wildman–Crippen LogP) is -4.74. The van der Waals surface area contributed by atoms with E-state index < -0.39 is 73.6 Å². The van der Waals surface area contributed by atoms with E-state index in [0.29, 0.717) is 6.42 Å². The lowest BCUT2D eigenvalue weighted by Gasteiger charge is -2.46. The molecule has 0 radical (unpaired) electrons. The first-order chi connectivity index (χ1) is 13.5. The van der Waals surface area contributed by atoms with Crippen molar-refractivity contribution in [3.63, 3.8) is 0 Å². The van der Waals surface area contributed by atoms with Gasteiger partial charge in [0, 0.05) is 12.8 Å². The lowest BCUT2D eigenvalue weighted by atomic mass is 9.88. The summed E-state index contributed by atoms with van der Waals surface area (Å²) < 4.78 is 10.3. The van der Waals surface area contributed by atoms with Crippen molar-refractivity contribution in [2.45, 2.75) is 92.5 Å². The molecule has 2 rings (SSSR count). The monoisotopic (exact) mass is 428 g/mol. The Kier molecular flexibility index (Phi) is 8.35. The van der Waals surface area contributed by atoms with Gasteiger partial charge in [0.1, 0.15) is 48.8 Å². The Labute approximate surface area is 167 Å². The third kappa shape index (κ3) is 5.06. The molecule has 2 aliphatic heterocycles. The number of hydrogen-bond acceptors (Lipinski definition) is 12. The highest BCUT2D eigenvalue weighted by Gasteiger charge is 2.53. The Hall–Kier alpha value is -0.480. The van der Waals surface area contributed by atoms with Crippen molar-refractivity contribution in [1.29, 1.82) is 0 Å². The van der Waals surface area contributed by atoms with E-state index in [-0.39, 0.29) is 25.7 Å². The molecule has 2 fully saturated rings. The summed E-state index contributed by atoms with van der Waals surface area (Å²) in [4.78, 5) is 0. The van der Waals surface area contributed by atoms with Crippen LogP contribution in [0.1, 0.15) is 32.1 Å². The van der Waals surface area contributed by atoms with Crippen LogP contribution in [-0.4, -0.2) is 125 Å². The van der Waals surface area contributed by atoms with Crippen LogP contribution in [0.2, 0.25) is 0 Å². The molecule has 10 atom stereocenters. The lowest BCUT2D eigenvalue weighted by Crippen LogP contribution is -2.65. The molecule has 0 aromatic heterocycles. The van der Waals surface area contributed by atoms with Gasteiger partial charge in [-0.05, 0) is 12.8 Å². The van der Waals surface area contributed by atoms with Crippen molar-refractivity contribution >= 4 is 0 Å². The van der Waals surface area contributed by atoms with Crippen LogP contribution in [-0.2, 0) is 9.47 Å². The van der Waals surface area contributed by atoms with Gasteiger partial charge in [0.15, 0.2) is 11.6 Å². The van der Waals surface area contributed by atoms with Gasteiger partial charge in [0.05, 0.1) is 13.2 Å². The van der Waals surface area contributed by atoms with Gasteiger partial charge in [-0.25, -0.2) is 0 Å². The van der Waals surface area contributed by atoms with E-state index in [4.69, 9.17) is 9.47 Å². The van der Waals surface area contributed by atoms with Crippen LogP contribution >= 0.6 is 0 Å². The molecule has 0 aromatic carbocycles. The maximum Gasteiger partial charge on any atom is 0.195 e. The van der Waals surface area contributed by atoms with Crippen LogP contribution in [0.15, 0.2) is 0 Å². The van der Waals surface area contributed by atoms with E-state index in [9.17, 15) is 51.1 Å². The van der Waals surface area contributed by atoms with Crippen molar-refractivity contribution in [3.8, 4) is 0 Å². The Morgan fingerprint density at radius 3 is 1.21 bits per heavy atom. The van der Waals surface area contributed by atoms with Crippen molar-refractivity contribution < 1.29 is 60.5 Å². The SMILES string of the molecule is OC[C@H]1O[C@](O)(CCCCC[C@@]2(O)O[C@H](CO)[C@H](O)[C@H](O)[C@H]2O)[C@H](O)[C@@H](O)[C@H]1O. The van der Waals surface area contributed by atoms with Gasteiger partial charge in [-0.3, -0.25) is 0 Å². The molecule has 2 heterocycles. The number of unbranched alkanes of at least 4 members (excludes halogenated alkanes) is 2. The van der Waals surface area contributed by atoms with E-state index >= 15 is 0 Å². The van der Waals surface area contributed by atoms with E-state index in [2.05, 4.69) is 0 Å². The minimum Gasteiger partial charge on any atom is -0.394 e. The number of aliphatic hydroxyl groups is 10. The first-order valence-corrected chi connectivity index (χ1v) is 9.61. The highest BCUT2D eigenvalue weighted by atomic mass is 16.7. The van der Waals surface area contributed by atoms with Crippen molar-refractivity contribution in [2.75, 3.05) is 13.2 Å². The smallest absolute Gasteiger partial charge is 0.195 e. The summed E-state index contributed by atoms with van der Waals surface area (Å²) in [7, 11) is 0. The minimum absolute atomic E-state index is 0.156. The predicted molar refractivity (Wildman–Crippen MR) is 92.9 cm³/mol. The summed E-state index contributed by atoms with van der Waals surface area (Å²) in [6, 6.07) is 0. The van der Waals surface area contributed by atoms with Crippen LogP contribution in [0.3, 0.4) is 0 Å². The van der Waals surface area contributed by atoms with E-state index in [0.717, 1.165) is 0 Å². The highest BCUT2D eigenvalue weighted by Crippen LogP contribution is 2.34. The molecule has 29 heavy (non-hydrogen) atoms. The fraction of sp³-hybridized carbons (Fsp3) is 1.00. The van der Waals surface area contributed by atoms with Gasteiger partial charge in [0.2, 0.25) is 0 Å². The normalized spacial score (nSPS) is 48.6. The second-order valence-corrected chi connectivity index (χ2v) is 7.78. The first-order valence-electron chi connectivity index (χ1n) is 9.61. The molecule has 2 saturated heterocycles. The summed E-state index contributed by atoms with van der Waals surface area (Å²) in [5.41, 5.74) is 0. The number of aliphatic hydroxyl groups excluding tert-OH is 8. The fourth-order valence-electron chi connectivity index (χ4n) is 3.79. The van der Waals surface area contributed by atoms with Gasteiger partial charge in [-0.1, -0.05) is 6.42 Å². The van der Waals surface area contributed by atoms with E-state index in [1.54, 1.807) is 0 Å². The quantitative estimate of drug-likeness (QED) is 0.165. The Morgan fingerprint density at radius 1 is 0.552 bits per heavy atom. The molecular weight excluding hydrogens is 396 g/mol. The average Bonchev–Trinajstić information content (AvgIpc) is 2.70. The zero-order valence-electron chi connectivity index (χ0n) is 15.9. The highest BCUT2D eigenvalue weighted by molar-refractivity contribution is 4.97. The molecule has 0 amide bonds. The third-order valence-corrected chi connectivity index (χ3v) is 5.67. The molecular formula is C17H32O12. The topological polar surface area (TPSA) is 221 Å². The van der Waals surface area contributed by atoms with Crippen molar-refractivity contribution in [1.82, 2.24) is 0 Å². The molecule has 10 N–H and O–H groups in total. The molecule has 12 nitrogen and oxygen atoms in total. The van der Waals surface area contributed by atoms with Gasteiger partial charge < -0.3 is 60.5 Å². The lowest BCUT2D eigenvalue weighted by molar-refractivity contribution is -0.353. The maximum absolute atomic E-state index is 10.4. The van der Waals surface area contributed by atoms with Gasteiger partial charge >= 0.3 is 0 Å². The maximum atomic E-state index is 10.4. The molecule has 0 saturated carbocycles. The summed E-state index contributed by atoms with van der Waals surface area (Å²) in [5, 5.41) is 98.3. The Morgan fingerprint density at radius 2 is 0.897 bits per heavy atom. The molecule has 12 heteroatoms. The van der Waals surface area contributed by atoms with Crippen LogP contribution < -0.4 is 0 Å². The van der Waals surface area contributed by atoms with E-state index in [1.165, 1.54) is 0 Å². The number of hydrogen-bond donors (Lipinski definition) is 10. The first kappa shape index (κ1) is 24.8. The molecule has 0 aromatic rings. The summed E-state index contributed by atoms with van der Waals surface area (Å²) >= 11 is 0. The average molecular weight is 428 g/mol. The van der Waals surface area contributed by atoms with Gasteiger partial charge in [-0.2, -0.15) is 0 Å². The van der Waals surface area contributed by atoms with E-state index in [1.807, 2.05) is 0 Å². The van der Waals surface area contributed by atoms with Crippen LogP contribution in [0.25, 0.3) is 0 Å². The van der Waals surface area contributed by atoms with Crippen molar-refractivity contribution in [2.24, 2.45) is 0 Å². The second kappa shape index (κ2) is 9.77. The molecule has 2 aliphatic rings. The molecule has 172 valence electrons. The Bertz CT molecular complexity index is 475. The third-order valence-electron chi connectivity index (χ3n) is 5.67. The summed E-state index contributed by atoms with van der Waals surface area (Å²) in [6.45, 7) is -1.34. The van der Waals surface area contributed by atoms with Crippen molar-refractivity contribution in [3.05, 3.63) is 0 Å². The fourth-order valence-corrected chi connectivity index (χ4v) is 3.79. The van der Waals surface area contributed by atoms with Gasteiger partial charge in [-0.15, -0.1) is 0 Å². The molecule has 0 unspecified atom stereocenters. The largest absolute Gasteiger partial charge is 0.394 e. The molecule has 0 bridgehead atoms. The zero-order valence-corrected chi connectivity index (χ0v) is 15.9. The van der Waals surface area contributed by atoms with Gasteiger partial charge in [0.25, 0.3) is 0 Å². The number of rotatable bonds is 8. The van der Waals surface area contributed by atoms with Crippen LogP contribution in [0, 0.1) is 0 Å². The minimum atomic E-state index is -2.19. The number of ether oxygens (including phenoxy) is 2. The summed E-state index contributed by atoms with van der Waals surface area (Å²) in [5.74, 6) is -4.38. The Balaban J connectivity index is 1.85. The molecule has 0 aliphatic carbocycles. The van der Waals surface area contributed by atoms with Crippen LogP contribution in [0.4, 0.5) is 0 Å². The summed E-state index contributed by atoms with van der Waals surface area (Å²) in [6.07, 6.45) is -12.2.